The number of benzene rings is 1. The van der Waals surface area contributed by atoms with Gasteiger partial charge in [0.2, 0.25) is 11.0 Å². The first kappa shape index (κ1) is 21.4. The van der Waals surface area contributed by atoms with Crippen LogP contribution in [-0.4, -0.2) is 36.6 Å². The van der Waals surface area contributed by atoms with Crippen LogP contribution in [0.1, 0.15) is 9.88 Å². The van der Waals surface area contributed by atoms with Gasteiger partial charge in [-0.3, -0.25) is 14.7 Å². The number of thiophene rings is 1. The van der Waals surface area contributed by atoms with E-state index in [0.29, 0.717) is 16.8 Å². The van der Waals surface area contributed by atoms with E-state index >= 15 is 0 Å². The zero-order chi connectivity index (χ0) is 21.8. The van der Waals surface area contributed by atoms with Gasteiger partial charge in [-0.25, -0.2) is 0 Å². The molecular weight excluding hydrogens is 448 g/mol. The molecule has 0 saturated carbocycles. The maximum Gasteiger partial charge on any atom is 0.236 e. The normalized spacial score (nSPS) is 10.9. The third-order valence-corrected chi connectivity index (χ3v) is 7.04. The number of nitrogens with one attached hydrogen (secondary N) is 1. The molecule has 1 aromatic carbocycles. The second-order valence-corrected chi connectivity index (χ2v) is 9.82. The van der Waals surface area contributed by atoms with E-state index in [-0.39, 0.29) is 11.7 Å². The molecule has 1 N–H and O–H groups in total. The first-order valence-corrected chi connectivity index (χ1v) is 12.2. The zero-order valence-corrected chi connectivity index (χ0v) is 19.5. The van der Waals surface area contributed by atoms with Crippen molar-refractivity contribution in [3.8, 4) is 22.5 Å². The Morgan fingerprint density at radius 1 is 1.19 bits per heavy atom. The number of anilines is 1. The average molecular weight is 469 g/mol. The third kappa shape index (κ3) is 4.76. The Labute approximate surface area is 192 Å². The minimum Gasteiger partial charge on any atom is -0.300 e. The number of carbonyl (C=O) groups excluding carboxylic acids is 1. The minimum atomic E-state index is -0.160. The first-order valence-electron chi connectivity index (χ1n) is 9.47. The highest BCUT2D eigenvalue weighted by molar-refractivity contribution is 7.99. The van der Waals surface area contributed by atoms with Crippen LogP contribution in [0.3, 0.4) is 0 Å². The van der Waals surface area contributed by atoms with Crippen molar-refractivity contribution in [1.29, 1.82) is 0 Å². The molecule has 7 nitrogen and oxygen atoms in total. The third-order valence-electron chi connectivity index (χ3n) is 4.41. The first-order chi connectivity index (χ1) is 15.1. The van der Waals surface area contributed by atoms with Gasteiger partial charge < -0.3 is 0 Å². The van der Waals surface area contributed by atoms with Crippen molar-refractivity contribution >= 4 is 45.5 Å². The summed E-state index contributed by atoms with van der Waals surface area (Å²) in [6.07, 6.45) is 1.81. The molecule has 0 spiro atoms. The largest absolute Gasteiger partial charge is 0.300 e. The molecule has 0 bridgehead atoms. The van der Waals surface area contributed by atoms with Gasteiger partial charge >= 0.3 is 0 Å². The van der Waals surface area contributed by atoms with E-state index in [2.05, 4.69) is 56.7 Å². The van der Waals surface area contributed by atoms with Gasteiger partial charge in [-0.2, -0.15) is 0 Å². The van der Waals surface area contributed by atoms with Gasteiger partial charge in [0.15, 0.2) is 11.0 Å². The van der Waals surface area contributed by atoms with E-state index in [1.54, 1.807) is 11.3 Å². The summed E-state index contributed by atoms with van der Waals surface area (Å²) in [5, 5.41) is 23.5. The van der Waals surface area contributed by atoms with Gasteiger partial charge in [0.1, 0.15) is 5.01 Å². The van der Waals surface area contributed by atoms with E-state index < -0.39 is 0 Å². The summed E-state index contributed by atoms with van der Waals surface area (Å²) in [5.74, 6) is 0.806. The number of rotatable bonds is 8. The molecule has 3 heterocycles. The molecule has 0 aliphatic heterocycles. The Hall–Kier alpha value is -2.82. The summed E-state index contributed by atoms with van der Waals surface area (Å²) in [4.78, 5) is 13.5. The summed E-state index contributed by atoms with van der Waals surface area (Å²) in [7, 11) is 0. The average Bonchev–Trinajstić information content (AvgIpc) is 3.46. The highest BCUT2D eigenvalue weighted by atomic mass is 32.2. The summed E-state index contributed by atoms with van der Waals surface area (Å²) < 4.78 is 1.99. The summed E-state index contributed by atoms with van der Waals surface area (Å²) in [6.45, 7) is 8.38. The van der Waals surface area contributed by atoms with Crippen molar-refractivity contribution in [1.82, 2.24) is 25.0 Å². The molecule has 4 aromatic rings. The quantitative estimate of drug-likeness (QED) is 0.287. The predicted molar refractivity (Wildman–Crippen MR) is 128 cm³/mol. The Balaban J connectivity index is 1.59. The lowest BCUT2D eigenvalue weighted by atomic mass is 10.0. The zero-order valence-electron chi connectivity index (χ0n) is 17.0. The number of hydrogen-bond acceptors (Lipinski definition) is 8. The van der Waals surface area contributed by atoms with Crippen LogP contribution in [0.4, 0.5) is 5.13 Å². The molecule has 0 aliphatic rings. The maximum absolute atomic E-state index is 12.3. The molecule has 0 fully saturated rings. The summed E-state index contributed by atoms with van der Waals surface area (Å²) in [5.41, 5.74) is 3.33. The molecule has 4 rings (SSSR count). The van der Waals surface area contributed by atoms with Crippen LogP contribution in [0.2, 0.25) is 0 Å². The van der Waals surface area contributed by atoms with Gasteiger partial charge in [-0.15, -0.1) is 38.3 Å². The van der Waals surface area contributed by atoms with Crippen molar-refractivity contribution in [3.05, 3.63) is 58.3 Å². The molecular formula is C21H20N6OS3. The molecule has 158 valence electrons. The molecule has 1 amide bonds. The molecule has 0 aliphatic carbocycles. The Morgan fingerprint density at radius 2 is 2.00 bits per heavy atom. The highest BCUT2D eigenvalue weighted by Gasteiger charge is 2.20. The molecule has 0 saturated heterocycles. The topological polar surface area (TPSA) is 85.6 Å². The maximum atomic E-state index is 12.3. The van der Waals surface area contributed by atoms with Crippen LogP contribution in [-0.2, 0) is 11.3 Å². The van der Waals surface area contributed by atoms with E-state index in [9.17, 15) is 4.79 Å². The van der Waals surface area contributed by atoms with Crippen LogP contribution < -0.4 is 5.32 Å². The van der Waals surface area contributed by atoms with Crippen molar-refractivity contribution in [2.75, 3.05) is 11.1 Å². The van der Waals surface area contributed by atoms with E-state index in [1.165, 1.54) is 28.0 Å². The smallest absolute Gasteiger partial charge is 0.236 e. The van der Waals surface area contributed by atoms with Gasteiger partial charge in [0.25, 0.3) is 0 Å². The molecule has 0 unspecified atom stereocenters. The van der Waals surface area contributed by atoms with Gasteiger partial charge in [-0.1, -0.05) is 59.5 Å². The molecule has 31 heavy (non-hydrogen) atoms. The van der Waals surface area contributed by atoms with Crippen molar-refractivity contribution < 1.29 is 4.79 Å². The van der Waals surface area contributed by atoms with Crippen molar-refractivity contribution in [2.45, 2.75) is 25.5 Å². The van der Waals surface area contributed by atoms with Gasteiger partial charge in [0, 0.05) is 27.9 Å². The Kier molecular flexibility index (Phi) is 6.59. The number of carbonyl (C=O) groups is 1. The van der Waals surface area contributed by atoms with E-state index in [0.717, 1.165) is 27.5 Å². The van der Waals surface area contributed by atoms with Crippen LogP contribution in [0, 0.1) is 13.8 Å². The van der Waals surface area contributed by atoms with Gasteiger partial charge in [0.05, 0.1) is 5.75 Å². The summed E-state index contributed by atoms with van der Waals surface area (Å²) >= 11 is 4.37. The van der Waals surface area contributed by atoms with E-state index in [4.69, 9.17) is 0 Å². The standard InChI is InChI=1S/C21H20N6OS3/c1-4-10-27-19(16-11-29-13(2)18(16)15-8-6-5-7-9-15)24-26-21(27)30-12-17(28)22-20-25-23-14(3)31-20/h4-9,11H,1,10,12H2,2-3H3,(H,22,25,28). The number of allylic oxidation sites excluding steroid dienone is 1. The SMILES string of the molecule is C=CCn1c(SCC(=O)Nc2nnc(C)s2)nnc1-c1csc(C)c1-c1ccccc1. The Morgan fingerprint density at radius 3 is 2.71 bits per heavy atom. The fourth-order valence-corrected chi connectivity index (χ4v) is 5.32. The molecule has 3 aromatic heterocycles. The predicted octanol–water partition coefficient (Wildman–Crippen LogP) is 5.06. The van der Waals surface area contributed by atoms with Crippen LogP contribution >= 0.6 is 34.4 Å². The summed E-state index contributed by atoms with van der Waals surface area (Å²) in [6, 6.07) is 10.3. The number of nitrogens with zero attached hydrogens (tertiary/aromatic N) is 5. The molecule has 10 heteroatoms. The van der Waals surface area contributed by atoms with E-state index in [1.807, 2.05) is 35.8 Å². The lowest BCUT2D eigenvalue weighted by molar-refractivity contribution is -0.113. The lowest BCUT2D eigenvalue weighted by Crippen LogP contribution is -2.14. The van der Waals surface area contributed by atoms with Crippen molar-refractivity contribution in [3.63, 3.8) is 0 Å². The highest BCUT2D eigenvalue weighted by Crippen LogP contribution is 2.39. The van der Waals surface area contributed by atoms with Crippen LogP contribution in [0.25, 0.3) is 22.5 Å². The minimum absolute atomic E-state index is 0.160. The van der Waals surface area contributed by atoms with Crippen molar-refractivity contribution in [2.24, 2.45) is 0 Å². The number of aromatic nitrogens is 5. The van der Waals surface area contributed by atoms with Crippen LogP contribution in [0.15, 0.2) is 53.5 Å². The second-order valence-electron chi connectivity index (χ2n) is 6.62. The number of aryl methyl sites for hydroxylation is 2. The number of hydrogen-bond donors (Lipinski definition) is 1. The second kappa shape index (κ2) is 9.54. The number of thioether (sulfide) groups is 1. The van der Waals surface area contributed by atoms with Gasteiger partial charge in [-0.05, 0) is 19.4 Å². The molecule has 0 atom stereocenters. The van der Waals surface area contributed by atoms with Crippen LogP contribution in [0.5, 0.6) is 0 Å². The fraction of sp³-hybridized carbons (Fsp3) is 0.190. The lowest BCUT2D eigenvalue weighted by Gasteiger charge is -2.09. The fourth-order valence-electron chi connectivity index (χ4n) is 3.10. The monoisotopic (exact) mass is 468 g/mol. The number of amides is 1. The Bertz CT molecular complexity index is 1210. The molecule has 0 radical (unpaired) electrons.